The van der Waals surface area contributed by atoms with Gasteiger partial charge >= 0.3 is 0 Å². The molecule has 7 heteroatoms. The molecule has 0 bridgehead atoms. The number of benzene rings is 2. The quantitative estimate of drug-likeness (QED) is 0.549. The number of hydrogen-bond donors (Lipinski definition) is 1. The van der Waals surface area contributed by atoms with Gasteiger partial charge in [0.05, 0.1) is 22.2 Å². The predicted molar refractivity (Wildman–Crippen MR) is 109 cm³/mol. The lowest BCUT2D eigenvalue weighted by Crippen LogP contribution is -2.27. The van der Waals surface area contributed by atoms with Crippen LogP contribution in [0.3, 0.4) is 0 Å². The average Bonchev–Trinajstić information content (AvgIpc) is 2.84. The molecule has 1 heterocycles. The summed E-state index contributed by atoms with van der Waals surface area (Å²) >= 11 is 9.92. The number of ether oxygens (including phenoxy) is 1. The van der Waals surface area contributed by atoms with Gasteiger partial charge in [-0.25, -0.2) is 0 Å². The maximum atomic E-state index is 12.8. The molecule has 0 aliphatic carbocycles. The monoisotopic (exact) mass is 435 g/mol. The number of hydrogen-bond acceptors (Lipinski definition) is 5. The molecule has 0 saturated carbocycles. The molecule has 4 nitrogen and oxygen atoms in total. The molecule has 0 spiro atoms. The van der Waals surface area contributed by atoms with Crippen LogP contribution in [0.1, 0.15) is 11.1 Å². The minimum Gasteiger partial charge on any atom is -0.503 e. The summed E-state index contributed by atoms with van der Waals surface area (Å²) in [7, 11) is 1.47. The third-order valence-electron chi connectivity index (χ3n) is 3.62. The Kier molecular flexibility index (Phi) is 5.17. The summed E-state index contributed by atoms with van der Waals surface area (Å²) in [6.45, 7) is 1.97. The van der Waals surface area contributed by atoms with Crippen molar-refractivity contribution in [3.63, 3.8) is 0 Å². The Hall–Kier alpha value is -1.83. The van der Waals surface area contributed by atoms with Crippen molar-refractivity contribution in [3.8, 4) is 11.5 Å². The van der Waals surface area contributed by atoms with E-state index in [-0.39, 0.29) is 11.7 Å². The molecule has 0 atom stereocenters. The first kappa shape index (κ1) is 18.0. The number of halogens is 1. The van der Waals surface area contributed by atoms with Crippen LogP contribution in [0.25, 0.3) is 6.08 Å². The van der Waals surface area contributed by atoms with Crippen LogP contribution in [-0.2, 0) is 4.79 Å². The van der Waals surface area contributed by atoms with Crippen molar-refractivity contribution in [1.82, 2.24) is 0 Å². The van der Waals surface area contributed by atoms with Gasteiger partial charge in [-0.15, -0.1) is 0 Å². The minimum atomic E-state index is -0.163. The van der Waals surface area contributed by atoms with Crippen molar-refractivity contribution in [1.29, 1.82) is 0 Å². The van der Waals surface area contributed by atoms with E-state index in [1.807, 2.05) is 31.2 Å². The first-order valence-corrected chi connectivity index (χ1v) is 9.33. The van der Waals surface area contributed by atoms with Crippen molar-refractivity contribution in [2.45, 2.75) is 6.92 Å². The standard InChI is InChI=1S/C18H14BrNO3S2/c1-10-4-3-5-12(6-10)20-17(22)15(25-18(20)24)9-11-7-13(19)16(21)14(8-11)23-2/h3-9,21H,1-2H3/b15-9-. The highest BCUT2D eigenvalue weighted by Crippen LogP contribution is 2.39. The molecule has 0 radical (unpaired) electrons. The number of phenols is 1. The first-order valence-electron chi connectivity index (χ1n) is 7.32. The number of thiocarbonyl (C=S) groups is 1. The summed E-state index contributed by atoms with van der Waals surface area (Å²) < 4.78 is 6.13. The van der Waals surface area contributed by atoms with Gasteiger partial charge in [0.15, 0.2) is 15.8 Å². The Morgan fingerprint density at radius 2 is 2.08 bits per heavy atom. The van der Waals surface area contributed by atoms with Gasteiger partial charge < -0.3 is 9.84 Å². The van der Waals surface area contributed by atoms with E-state index in [4.69, 9.17) is 17.0 Å². The van der Waals surface area contributed by atoms with Crippen LogP contribution in [-0.4, -0.2) is 22.4 Å². The van der Waals surface area contributed by atoms with Crippen LogP contribution >= 0.6 is 39.9 Å². The number of methoxy groups -OCH3 is 1. The highest BCUT2D eigenvalue weighted by Gasteiger charge is 2.33. The summed E-state index contributed by atoms with van der Waals surface area (Å²) in [5.41, 5.74) is 2.55. The molecule has 1 saturated heterocycles. The third kappa shape index (κ3) is 3.58. The molecule has 0 unspecified atom stereocenters. The Bertz CT molecular complexity index is 911. The van der Waals surface area contributed by atoms with Crippen LogP contribution < -0.4 is 9.64 Å². The molecule has 1 aliphatic heterocycles. The van der Waals surface area contributed by atoms with Crippen molar-refractivity contribution in [2.75, 3.05) is 12.0 Å². The fourth-order valence-electron chi connectivity index (χ4n) is 2.44. The highest BCUT2D eigenvalue weighted by atomic mass is 79.9. The van der Waals surface area contributed by atoms with Crippen molar-refractivity contribution >= 4 is 61.9 Å². The van der Waals surface area contributed by atoms with Gasteiger partial charge in [-0.3, -0.25) is 9.69 Å². The van der Waals surface area contributed by atoms with E-state index in [0.717, 1.165) is 16.8 Å². The average molecular weight is 436 g/mol. The van der Waals surface area contributed by atoms with Gasteiger partial charge in [0.1, 0.15) is 0 Å². The number of aromatic hydroxyl groups is 1. The maximum absolute atomic E-state index is 12.8. The summed E-state index contributed by atoms with van der Waals surface area (Å²) in [4.78, 5) is 14.8. The minimum absolute atomic E-state index is 0.0203. The number of thioether (sulfide) groups is 1. The first-order chi connectivity index (χ1) is 11.9. The largest absolute Gasteiger partial charge is 0.503 e. The number of anilines is 1. The Labute approximate surface area is 163 Å². The van der Waals surface area contributed by atoms with Crippen LogP contribution in [0.2, 0.25) is 0 Å². The Balaban J connectivity index is 1.97. The van der Waals surface area contributed by atoms with Crippen molar-refractivity contribution < 1.29 is 14.6 Å². The smallest absolute Gasteiger partial charge is 0.270 e. The molecular formula is C18H14BrNO3S2. The van der Waals surface area contributed by atoms with E-state index >= 15 is 0 Å². The lowest BCUT2D eigenvalue weighted by Gasteiger charge is -2.14. The Morgan fingerprint density at radius 3 is 2.76 bits per heavy atom. The zero-order chi connectivity index (χ0) is 18.1. The van der Waals surface area contributed by atoms with Crippen LogP contribution in [0, 0.1) is 6.92 Å². The number of carbonyl (C=O) groups excluding carboxylic acids is 1. The molecule has 1 aliphatic rings. The van der Waals surface area contributed by atoms with Gasteiger partial charge in [-0.1, -0.05) is 36.1 Å². The normalized spacial score (nSPS) is 16.0. The molecule has 3 rings (SSSR count). The lowest BCUT2D eigenvalue weighted by molar-refractivity contribution is -0.113. The fourth-order valence-corrected chi connectivity index (χ4v) is 4.20. The third-order valence-corrected chi connectivity index (χ3v) is 5.53. The number of amides is 1. The second kappa shape index (κ2) is 7.19. The summed E-state index contributed by atoms with van der Waals surface area (Å²) in [5.74, 6) is 0.186. The highest BCUT2D eigenvalue weighted by molar-refractivity contribution is 9.10. The van der Waals surface area contributed by atoms with E-state index in [2.05, 4.69) is 15.9 Å². The van der Waals surface area contributed by atoms with Gasteiger partial charge in [-0.05, 0) is 64.3 Å². The molecule has 1 amide bonds. The molecule has 0 aromatic heterocycles. The van der Waals surface area contributed by atoms with E-state index in [9.17, 15) is 9.90 Å². The predicted octanol–water partition coefficient (Wildman–Crippen LogP) is 4.88. The van der Waals surface area contributed by atoms with Gasteiger partial charge in [0.25, 0.3) is 5.91 Å². The van der Waals surface area contributed by atoms with Crippen LogP contribution in [0.5, 0.6) is 11.5 Å². The second-order valence-corrected chi connectivity index (χ2v) is 7.94. The summed E-state index contributed by atoms with van der Waals surface area (Å²) in [6.07, 6.45) is 1.74. The fraction of sp³-hybridized carbons (Fsp3) is 0.111. The van der Waals surface area contributed by atoms with Crippen molar-refractivity contribution in [2.24, 2.45) is 0 Å². The lowest BCUT2D eigenvalue weighted by atomic mass is 10.1. The van der Waals surface area contributed by atoms with E-state index in [1.54, 1.807) is 18.2 Å². The molecule has 25 heavy (non-hydrogen) atoms. The molecular weight excluding hydrogens is 422 g/mol. The van der Waals surface area contributed by atoms with Crippen LogP contribution in [0.4, 0.5) is 5.69 Å². The van der Waals surface area contributed by atoms with Gasteiger partial charge in [0, 0.05) is 0 Å². The maximum Gasteiger partial charge on any atom is 0.270 e. The zero-order valence-electron chi connectivity index (χ0n) is 13.4. The van der Waals surface area contributed by atoms with Gasteiger partial charge in [0.2, 0.25) is 0 Å². The second-order valence-electron chi connectivity index (χ2n) is 5.41. The molecule has 2 aromatic carbocycles. The van der Waals surface area contributed by atoms with Crippen LogP contribution in [0.15, 0.2) is 45.8 Å². The summed E-state index contributed by atoms with van der Waals surface area (Å²) in [6, 6.07) is 11.0. The van der Waals surface area contributed by atoms with E-state index < -0.39 is 0 Å². The molecule has 1 N–H and O–H groups in total. The topological polar surface area (TPSA) is 49.8 Å². The SMILES string of the molecule is COc1cc(/C=C2\SC(=S)N(c3cccc(C)c3)C2=O)cc(Br)c1O. The number of phenolic OH excluding ortho intramolecular Hbond substituents is 1. The number of aryl methyl sites for hydroxylation is 1. The number of nitrogens with zero attached hydrogens (tertiary/aromatic N) is 1. The molecule has 128 valence electrons. The Morgan fingerprint density at radius 1 is 1.32 bits per heavy atom. The molecule has 1 fully saturated rings. The summed E-state index contributed by atoms with van der Waals surface area (Å²) in [5, 5.41) is 9.90. The number of carbonyl (C=O) groups is 1. The number of rotatable bonds is 3. The van der Waals surface area contributed by atoms with Gasteiger partial charge in [-0.2, -0.15) is 0 Å². The molecule has 2 aromatic rings. The van der Waals surface area contributed by atoms with E-state index in [0.29, 0.717) is 19.4 Å². The van der Waals surface area contributed by atoms with Crippen molar-refractivity contribution in [3.05, 3.63) is 56.9 Å². The zero-order valence-corrected chi connectivity index (χ0v) is 16.7. The van der Waals surface area contributed by atoms with E-state index in [1.165, 1.54) is 23.8 Å².